The first-order chi connectivity index (χ1) is 23.5. The van der Waals surface area contributed by atoms with Crippen LogP contribution in [0.3, 0.4) is 0 Å². The normalized spacial score (nSPS) is 20.9. The van der Waals surface area contributed by atoms with E-state index < -0.39 is 0 Å². The van der Waals surface area contributed by atoms with Crippen molar-refractivity contribution >= 4 is 33.1 Å². The largest absolute Gasteiger partial charge is 0.455 e. The molecule has 5 aromatic carbocycles. The molecule has 0 spiro atoms. The van der Waals surface area contributed by atoms with Gasteiger partial charge in [-0.2, -0.15) is 0 Å². The molecule has 2 heteroatoms. The fraction of sp³-hybridized carbons (Fsp3) is 0.174. The number of furan rings is 1. The van der Waals surface area contributed by atoms with Crippen molar-refractivity contribution in [3.05, 3.63) is 168 Å². The zero-order valence-electron chi connectivity index (χ0n) is 27.7. The summed E-state index contributed by atoms with van der Waals surface area (Å²) in [5, 5.41) is 6.36. The Labute approximate surface area is 282 Å². The van der Waals surface area contributed by atoms with Crippen molar-refractivity contribution < 1.29 is 4.42 Å². The molecule has 0 fully saturated rings. The molecule has 3 unspecified atom stereocenters. The van der Waals surface area contributed by atoms with Gasteiger partial charge in [0.05, 0.1) is 0 Å². The summed E-state index contributed by atoms with van der Waals surface area (Å²) in [7, 11) is 0. The smallest absolute Gasteiger partial charge is 0.143 e. The Bertz CT molecular complexity index is 2340. The van der Waals surface area contributed by atoms with Gasteiger partial charge in [0.25, 0.3) is 0 Å². The summed E-state index contributed by atoms with van der Waals surface area (Å²) in [5.74, 6) is 0.379. The molecule has 0 amide bonds. The number of nitrogens with one attached hydrogen (secondary N) is 1. The maximum Gasteiger partial charge on any atom is 0.143 e. The van der Waals surface area contributed by atoms with Gasteiger partial charge in [-0.05, 0) is 62.9 Å². The van der Waals surface area contributed by atoms with Gasteiger partial charge in [0.2, 0.25) is 0 Å². The fourth-order valence-electron chi connectivity index (χ4n) is 8.32. The predicted molar refractivity (Wildman–Crippen MR) is 202 cm³/mol. The highest BCUT2D eigenvalue weighted by Crippen LogP contribution is 2.49. The SMILES string of the molecule is CC1C=CC=C(c2ccc3c(c2)-c2ccccc2C3(C)C)C1NC1C=CC(c2cccc3c2oc2c(-c4ccccc4)cccc23)=CC1. The number of fused-ring (bicyclic) bond motifs is 6. The summed E-state index contributed by atoms with van der Waals surface area (Å²) in [4.78, 5) is 0. The lowest BCUT2D eigenvalue weighted by Crippen LogP contribution is -2.42. The van der Waals surface area contributed by atoms with Crippen LogP contribution in [0.5, 0.6) is 0 Å². The number of rotatable bonds is 5. The highest BCUT2D eigenvalue weighted by Gasteiger charge is 2.36. The highest BCUT2D eigenvalue weighted by molar-refractivity contribution is 6.12. The Morgan fingerprint density at radius 2 is 1.38 bits per heavy atom. The minimum absolute atomic E-state index is 0.0179. The van der Waals surface area contributed by atoms with Gasteiger partial charge in [-0.1, -0.05) is 160 Å². The molecule has 3 atom stereocenters. The van der Waals surface area contributed by atoms with Crippen LogP contribution in [-0.4, -0.2) is 12.1 Å². The van der Waals surface area contributed by atoms with Crippen molar-refractivity contribution in [1.82, 2.24) is 5.32 Å². The van der Waals surface area contributed by atoms with Gasteiger partial charge in [0.1, 0.15) is 11.2 Å². The van der Waals surface area contributed by atoms with E-state index in [2.05, 4.69) is 172 Å². The minimum Gasteiger partial charge on any atom is -0.455 e. The van der Waals surface area contributed by atoms with E-state index in [0.29, 0.717) is 5.92 Å². The van der Waals surface area contributed by atoms with Gasteiger partial charge in [-0.15, -0.1) is 0 Å². The molecule has 0 radical (unpaired) electrons. The highest BCUT2D eigenvalue weighted by atomic mass is 16.3. The Morgan fingerprint density at radius 1 is 0.667 bits per heavy atom. The molecule has 0 saturated heterocycles. The molecule has 9 rings (SSSR count). The monoisotopic (exact) mass is 621 g/mol. The summed E-state index contributed by atoms with van der Waals surface area (Å²) in [6.07, 6.45) is 14.8. The molecule has 0 bridgehead atoms. The van der Waals surface area contributed by atoms with Gasteiger partial charge in [-0.3, -0.25) is 0 Å². The lowest BCUT2D eigenvalue weighted by molar-refractivity contribution is 0.468. The maximum atomic E-state index is 6.71. The van der Waals surface area contributed by atoms with Crippen LogP contribution in [0.15, 0.2) is 150 Å². The molecule has 234 valence electrons. The van der Waals surface area contributed by atoms with Crippen LogP contribution in [0.2, 0.25) is 0 Å². The van der Waals surface area contributed by atoms with Crippen LogP contribution in [-0.2, 0) is 5.41 Å². The number of hydrogen-bond donors (Lipinski definition) is 1. The summed E-state index contributed by atoms with van der Waals surface area (Å²) < 4.78 is 6.71. The van der Waals surface area contributed by atoms with E-state index in [-0.39, 0.29) is 17.5 Å². The van der Waals surface area contributed by atoms with Crippen molar-refractivity contribution in [2.75, 3.05) is 0 Å². The van der Waals surface area contributed by atoms with E-state index in [0.717, 1.165) is 39.5 Å². The van der Waals surface area contributed by atoms with E-state index >= 15 is 0 Å². The second-order valence-electron chi connectivity index (χ2n) is 14.1. The first kappa shape index (κ1) is 29.0. The van der Waals surface area contributed by atoms with Crippen LogP contribution in [0.1, 0.15) is 49.4 Å². The third-order valence-electron chi connectivity index (χ3n) is 10.9. The number of para-hydroxylation sites is 2. The molecule has 0 saturated carbocycles. The van der Waals surface area contributed by atoms with Crippen molar-refractivity contribution in [2.45, 2.75) is 44.7 Å². The Morgan fingerprint density at radius 3 is 2.17 bits per heavy atom. The minimum atomic E-state index is 0.0179. The van der Waals surface area contributed by atoms with E-state index in [9.17, 15) is 0 Å². The Kier molecular flexibility index (Phi) is 6.78. The molecule has 1 aromatic heterocycles. The number of hydrogen-bond acceptors (Lipinski definition) is 2. The predicted octanol–water partition coefficient (Wildman–Crippen LogP) is 11.5. The molecule has 3 aliphatic carbocycles. The average Bonchev–Trinajstić information content (AvgIpc) is 3.62. The Hall–Kier alpha value is -5.18. The standard InChI is InChI=1S/C46H39NO/c1-29-12-9-16-34(32-24-27-42-40(28-32)37-15-7-8-21-41(37)46(42,2)3)43(29)47-33-25-22-31(23-26-33)36-18-11-20-39-38-19-10-17-35(44(38)48-45(36)39)30-13-5-4-6-14-30/h4-25,27-29,33,43,47H,26H2,1-3H3. The first-order valence-corrected chi connectivity index (χ1v) is 17.2. The lowest BCUT2D eigenvalue weighted by Gasteiger charge is -2.32. The summed E-state index contributed by atoms with van der Waals surface area (Å²) in [6, 6.07) is 40.0. The molecular formula is C46H39NO. The van der Waals surface area contributed by atoms with E-state index in [1.165, 1.54) is 44.5 Å². The summed E-state index contributed by atoms with van der Waals surface area (Å²) in [5.41, 5.74) is 14.8. The lowest BCUT2D eigenvalue weighted by atomic mass is 9.81. The quantitative estimate of drug-likeness (QED) is 0.207. The zero-order chi connectivity index (χ0) is 32.4. The van der Waals surface area contributed by atoms with Crippen LogP contribution >= 0.6 is 0 Å². The van der Waals surface area contributed by atoms with Gasteiger partial charge >= 0.3 is 0 Å². The summed E-state index contributed by atoms with van der Waals surface area (Å²) >= 11 is 0. The van der Waals surface area contributed by atoms with Crippen LogP contribution in [0.4, 0.5) is 0 Å². The second kappa shape index (κ2) is 11.2. The molecule has 2 nitrogen and oxygen atoms in total. The number of allylic oxidation sites excluding steroid dienone is 4. The maximum absolute atomic E-state index is 6.71. The van der Waals surface area contributed by atoms with E-state index in [1.54, 1.807) is 0 Å². The average molecular weight is 622 g/mol. The Balaban J connectivity index is 0.997. The van der Waals surface area contributed by atoms with Crippen LogP contribution < -0.4 is 5.32 Å². The van der Waals surface area contributed by atoms with Crippen molar-refractivity contribution in [3.8, 4) is 22.3 Å². The fourth-order valence-corrected chi connectivity index (χ4v) is 8.32. The molecule has 0 aliphatic heterocycles. The molecular weight excluding hydrogens is 583 g/mol. The van der Waals surface area contributed by atoms with Crippen molar-refractivity contribution in [3.63, 3.8) is 0 Å². The van der Waals surface area contributed by atoms with Crippen molar-refractivity contribution in [1.29, 1.82) is 0 Å². The van der Waals surface area contributed by atoms with E-state index in [1.807, 2.05) is 0 Å². The molecule has 1 heterocycles. The second-order valence-corrected chi connectivity index (χ2v) is 14.1. The zero-order valence-corrected chi connectivity index (χ0v) is 27.7. The van der Waals surface area contributed by atoms with Crippen LogP contribution in [0.25, 0.3) is 55.3 Å². The molecule has 48 heavy (non-hydrogen) atoms. The van der Waals surface area contributed by atoms with E-state index in [4.69, 9.17) is 4.42 Å². The topological polar surface area (TPSA) is 25.2 Å². The first-order valence-electron chi connectivity index (χ1n) is 17.2. The third-order valence-corrected chi connectivity index (χ3v) is 10.9. The summed E-state index contributed by atoms with van der Waals surface area (Å²) in [6.45, 7) is 7.02. The van der Waals surface area contributed by atoms with Gasteiger partial charge in [-0.25, -0.2) is 0 Å². The molecule has 6 aromatic rings. The molecule has 3 aliphatic rings. The van der Waals surface area contributed by atoms with Gasteiger partial charge in [0, 0.05) is 39.4 Å². The molecule has 1 N–H and O–H groups in total. The van der Waals surface area contributed by atoms with Gasteiger partial charge < -0.3 is 9.73 Å². The van der Waals surface area contributed by atoms with Crippen LogP contribution in [0, 0.1) is 5.92 Å². The van der Waals surface area contributed by atoms with Gasteiger partial charge in [0.15, 0.2) is 0 Å². The van der Waals surface area contributed by atoms with Crippen molar-refractivity contribution in [2.24, 2.45) is 5.92 Å². The number of benzene rings is 5. The third kappa shape index (κ3) is 4.58.